The summed E-state index contributed by atoms with van der Waals surface area (Å²) in [4.78, 5) is 10.5. The zero-order valence-electron chi connectivity index (χ0n) is 13.0. The molecule has 122 valence electrons. The van der Waals surface area contributed by atoms with Gasteiger partial charge in [0.25, 0.3) is 0 Å². The summed E-state index contributed by atoms with van der Waals surface area (Å²) in [6.45, 7) is 1.74. The van der Waals surface area contributed by atoms with Crippen molar-refractivity contribution in [3.8, 4) is 5.75 Å². The molecule has 0 aliphatic carbocycles. The second-order valence-corrected chi connectivity index (χ2v) is 5.33. The molecular formula is C15H19FN6O. The Labute approximate surface area is 133 Å². The standard InChI is InChI=1S/C15H19FN6O/c1-18-10-7-22(8-10)14-6-13(20-15(17)21-14)19-9-3-4-11(16)12(5-9)23-2/h3-6,10,18H,7-8H2,1-2H3,(H3,17,19,20,21). The van der Waals surface area contributed by atoms with Gasteiger partial charge in [0.1, 0.15) is 11.6 Å². The van der Waals surface area contributed by atoms with E-state index in [9.17, 15) is 4.39 Å². The first-order valence-corrected chi connectivity index (χ1v) is 7.26. The molecule has 0 bridgehead atoms. The number of nitrogens with two attached hydrogens (primary N) is 1. The summed E-state index contributed by atoms with van der Waals surface area (Å²) in [5, 5.41) is 6.30. The first-order chi connectivity index (χ1) is 11.1. The lowest BCUT2D eigenvalue weighted by molar-refractivity contribution is 0.387. The lowest BCUT2D eigenvalue weighted by atomic mass is 10.1. The van der Waals surface area contributed by atoms with E-state index in [-0.39, 0.29) is 11.7 Å². The predicted molar refractivity (Wildman–Crippen MR) is 87.7 cm³/mol. The van der Waals surface area contributed by atoms with Crippen molar-refractivity contribution in [1.82, 2.24) is 15.3 Å². The van der Waals surface area contributed by atoms with Gasteiger partial charge in [-0.2, -0.15) is 9.97 Å². The van der Waals surface area contributed by atoms with E-state index in [2.05, 4.69) is 25.5 Å². The number of likely N-dealkylation sites (N-methyl/N-ethyl adjacent to an activating group) is 1. The molecule has 0 amide bonds. The van der Waals surface area contributed by atoms with Gasteiger partial charge >= 0.3 is 0 Å². The summed E-state index contributed by atoms with van der Waals surface area (Å²) in [7, 11) is 3.36. The molecule has 7 nitrogen and oxygen atoms in total. The largest absolute Gasteiger partial charge is 0.494 e. The zero-order valence-corrected chi connectivity index (χ0v) is 13.0. The van der Waals surface area contributed by atoms with Crippen molar-refractivity contribution in [1.29, 1.82) is 0 Å². The molecule has 0 radical (unpaired) electrons. The van der Waals surface area contributed by atoms with E-state index in [0.717, 1.165) is 18.9 Å². The number of hydrogen-bond acceptors (Lipinski definition) is 7. The molecule has 1 aliphatic heterocycles. The predicted octanol–water partition coefficient (Wildman–Crippen LogP) is 1.36. The summed E-state index contributed by atoms with van der Waals surface area (Å²) in [5.41, 5.74) is 6.44. The van der Waals surface area contributed by atoms with Gasteiger partial charge in [-0.25, -0.2) is 4.39 Å². The van der Waals surface area contributed by atoms with Crippen molar-refractivity contribution in [2.75, 3.05) is 43.2 Å². The van der Waals surface area contributed by atoms with Crippen LogP contribution in [0.4, 0.5) is 27.7 Å². The third-order valence-electron chi connectivity index (χ3n) is 3.77. The first kappa shape index (κ1) is 15.3. The summed E-state index contributed by atoms with van der Waals surface area (Å²) < 4.78 is 18.4. The maximum absolute atomic E-state index is 13.5. The summed E-state index contributed by atoms with van der Waals surface area (Å²) >= 11 is 0. The second kappa shape index (κ2) is 6.25. The number of hydrogen-bond donors (Lipinski definition) is 3. The number of ether oxygens (including phenoxy) is 1. The van der Waals surface area contributed by atoms with E-state index in [4.69, 9.17) is 10.5 Å². The lowest BCUT2D eigenvalue weighted by Gasteiger charge is -2.40. The van der Waals surface area contributed by atoms with E-state index in [1.165, 1.54) is 13.2 Å². The third kappa shape index (κ3) is 3.26. The molecule has 1 aromatic heterocycles. The molecule has 0 atom stereocenters. The van der Waals surface area contributed by atoms with Gasteiger partial charge in [-0.1, -0.05) is 0 Å². The fourth-order valence-corrected chi connectivity index (χ4v) is 2.41. The fraction of sp³-hybridized carbons (Fsp3) is 0.333. The van der Waals surface area contributed by atoms with Crippen molar-refractivity contribution >= 4 is 23.3 Å². The lowest BCUT2D eigenvalue weighted by Crippen LogP contribution is -2.57. The molecule has 3 rings (SSSR count). The van der Waals surface area contributed by atoms with Crippen molar-refractivity contribution in [3.05, 3.63) is 30.1 Å². The minimum absolute atomic E-state index is 0.164. The number of aromatic nitrogens is 2. The average molecular weight is 318 g/mol. The van der Waals surface area contributed by atoms with Gasteiger partial charge in [0, 0.05) is 37.0 Å². The Bertz CT molecular complexity index is 704. The smallest absolute Gasteiger partial charge is 0.223 e. The number of anilines is 4. The number of nitrogens with one attached hydrogen (secondary N) is 2. The van der Waals surface area contributed by atoms with Gasteiger partial charge in [-0.05, 0) is 19.2 Å². The van der Waals surface area contributed by atoms with Crippen LogP contribution in [-0.2, 0) is 0 Å². The molecule has 1 saturated heterocycles. The average Bonchev–Trinajstić information content (AvgIpc) is 2.47. The number of nitrogen functional groups attached to an aromatic ring is 1. The van der Waals surface area contributed by atoms with Crippen LogP contribution in [0.15, 0.2) is 24.3 Å². The Hall–Kier alpha value is -2.61. The van der Waals surface area contributed by atoms with Crippen LogP contribution in [0.3, 0.4) is 0 Å². The van der Waals surface area contributed by atoms with Crippen molar-refractivity contribution in [2.45, 2.75) is 6.04 Å². The van der Waals surface area contributed by atoms with Crippen LogP contribution in [0.25, 0.3) is 0 Å². The number of nitrogens with zero attached hydrogens (tertiary/aromatic N) is 3. The molecule has 2 aromatic rings. The summed E-state index contributed by atoms with van der Waals surface area (Å²) in [5.74, 6) is 1.25. The van der Waals surface area contributed by atoms with E-state index in [0.29, 0.717) is 17.5 Å². The maximum Gasteiger partial charge on any atom is 0.223 e. The Morgan fingerprint density at radius 3 is 2.78 bits per heavy atom. The molecule has 8 heteroatoms. The highest BCUT2D eigenvalue weighted by Crippen LogP contribution is 2.26. The Kier molecular flexibility index (Phi) is 4.16. The topological polar surface area (TPSA) is 88.3 Å². The van der Waals surface area contributed by atoms with Gasteiger partial charge in [-0.15, -0.1) is 0 Å². The van der Waals surface area contributed by atoms with Gasteiger partial charge in [0.2, 0.25) is 5.95 Å². The van der Waals surface area contributed by atoms with Crippen LogP contribution in [0.1, 0.15) is 0 Å². The molecule has 1 aromatic carbocycles. The minimum atomic E-state index is -0.417. The van der Waals surface area contributed by atoms with Crippen LogP contribution in [0, 0.1) is 5.82 Å². The number of halogens is 1. The quantitative estimate of drug-likeness (QED) is 0.767. The molecule has 0 spiro atoms. The van der Waals surface area contributed by atoms with Crippen LogP contribution in [0.5, 0.6) is 5.75 Å². The highest BCUT2D eigenvalue weighted by atomic mass is 19.1. The second-order valence-electron chi connectivity index (χ2n) is 5.33. The first-order valence-electron chi connectivity index (χ1n) is 7.26. The summed E-state index contributed by atoms with van der Waals surface area (Å²) in [6, 6.07) is 6.78. The van der Waals surface area contributed by atoms with Gasteiger partial charge in [0.15, 0.2) is 11.6 Å². The van der Waals surface area contributed by atoms with Gasteiger partial charge in [-0.3, -0.25) is 0 Å². The highest BCUT2D eigenvalue weighted by molar-refractivity contribution is 5.63. The van der Waals surface area contributed by atoms with E-state index in [1.54, 1.807) is 12.1 Å². The van der Waals surface area contributed by atoms with Crippen molar-refractivity contribution in [2.24, 2.45) is 0 Å². The summed E-state index contributed by atoms with van der Waals surface area (Å²) in [6.07, 6.45) is 0. The Morgan fingerprint density at radius 2 is 2.09 bits per heavy atom. The van der Waals surface area contributed by atoms with Crippen LogP contribution < -0.4 is 26.0 Å². The number of benzene rings is 1. The number of rotatable bonds is 5. The molecular weight excluding hydrogens is 299 g/mol. The van der Waals surface area contributed by atoms with Crippen molar-refractivity contribution in [3.63, 3.8) is 0 Å². The van der Waals surface area contributed by atoms with Gasteiger partial charge < -0.3 is 26.0 Å². The zero-order chi connectivity index (χ0) is 16.4. The SMILES string of the molecule is CNC1CN(c2cc(Nc3ccc(F)c(OC)c3)nc(N)n2)C1. The van der Waals surface area contributed by atoms with E-state index < -0.39 is 5.82 Å². The maximum atomic E-state index is 13.5. The third-order valence-corrected chi connectivity index (χ3v) is 3.77. The fourth-order valence-electron chi connectivity index (χ4n) is 2.41. The highest BCUT2D eigenvalue weighted by Gasteiger charge is 2.26. The van der Waals surface area contributed by atoms with Crippen LogP contribution >= 0.6 is 0 Å². The molecule has 0 saturated carbocycles. The normalized spacial score (nSPS) is 14.5. The molecule has 2 heterocycles. The number of methoxy groups -OCH3 is 1. The Morgan fingerprint density at radius 1 is 1.30 bits per heavy atom. The molecule has 23 heavy (non-hydrogen) atoms. The molecule has 1 fully saturated rings. The molecule has 0 unspecified atom stereocenters. The van der Waals surface area contributed by atoms with Crippen molar-refractivity contribution < 1.29 is 9.13 Å². The van der Waals surface area contributed by atoms with Gasteiger partial charge in [0.05, 0.1) is 7.11 Å². The van der Waals surface area contributed by atoms with E-state index in [1.807, 2.05) is 13.1 Å². The van der Waals surface area contributed by atoms with E-state index >= 15 is 0 Å². The van der Waals surface area contributed by atoms with Crippen LogP contribution in [-0.4, -0.2) is 43.3 Å². The molecule has 4 N–H and O–H groups in total. The van der Waals surface area contributed by atoms with Crippen LogP contribution in [0.2, 0.25) is 0 Å². The monoisotopic (exact) mass is 318 g/mol. The Balaban J connectivity index is 1.79. The minimum Gasteiger partial charge on any atom is -0.494 e. The molecule has 1 aliphatic rings.